The summed E-state index contributed by atoms with van der Waals surface area (Å²) in [7, 11) is 0. The van der Waals surface area contributed by atoms with E-state index in [1.54, 1.807) is 18.6 Å². The van der Waals surface area contributed by atoms with Gasteiger partial charge in [0.15, 0.2) is 5.82 Å². The number of pyridine rings is 1. The van der Waals surface area contributed by atoms with Gasteiger partial charge in [0.05, 0.1) is 24.0 Å². The zero-order valence-electron chi connectivity index (χ0n) is 10.1. The lowest BCUT2D eigenvalue weighted by Crippen LogP contribution is -2.29. The Bertz CT molecular complexity index is 602. The van der Waals surface area contributed by atoms with Crippen LogP contribution < -0.4 is 5.73 Å². The Balaban J connectivity index is 2.04. The molecule has 2 aromatic rings. The maximum absolute atomic E-state index is 10.2. The number of alkyl halides is 1. The lowest BCUT2D eigenvalue weighted by Gasteiger charge is -2.18. The SMILES string of the molecule is Nc1nccc2c1ncn2[C@@H]1C[C@H](CCl)C(O)[C@H]1O. The number of halogens is 1. The summed E-state index contributed by atoms with van der Waals surface area (Å²) in [5.74, 6) is 0.571. The van der Waals surface area contributed by atoms with Crippen LogP contribution in [-0.4, -0.2) is 42.8 Å². The van der Waals surface area contributed by atoms with Crippen LogP contribution in [0.2, 0.25) is 0 Å². The van der Waals surface area contributed by atoms with Crippen LogP contribution in [0.5, 0.6) is 0 Å². The van der Waals surface area contributed by atoms with Gasteiger partial charge in [0.1, 0.15) is 11.6 Å². The van der Waals surface area contributed by atoms with Gasteiger partial charge in [-0.2, -0.15) is 0 Å². The molecule has 1 aliphatic carbocycles. The second-order valence-electron chi connectivity index (χ2n) is 4.91. The van der Waals surface area contributed by atoms with Crippen LogP contribution in [-0.2, 0) is 0 Å². The first kappa shape index (κ1) is 12.7. The Labute approximate surface area is 114 Å². The first-order chi connectivity index (χ1) is 9.13. The van der Waals surface area contributed by atoms with Gasteiger partial charge in [0.25, 0.3) is 0 Å². The van der Waals surface area contributed by atoms with Crippen molar-refractivity contribution < 1.29 is 10.2 Å². The molecule has 1 saturated carbocycles. The normalized spacial score (nSPS) is 31.1. The Morgan fingerprint density at radius 3 is 2.84 bits per heavy atom. The van der Waals surface area contributed by atoms with Crippen LogP contribution in [0.3, 0.4) is 0 Å². The average molecular weight is 283 g/mol. The number of hydrogen-bond acceptors (Lipinski definition) is 5. The van der Waals surface area contributed by atoms with Crippen LogP contribution in [0, 0.1) is 5.92 Å². The molecule has 19 heavy (non-hydrogen) atoms. The highest BCUT2D eigenvalue weighted by molar-refractivity contribution is 6.18. The predicted molar refractivity (Wildman–Crippen MR) is 71.8 cm³/mol. The number of nitrogens with zero attached hydrogens (tertiary/aromatic N) is 3. The number of fused-ring (bicyclic) bond motifs is 1. The third-order valence-corrected chi connectivity index (χ3v) is 4.24. The van der Waals surface area contributed by atoms with Crippen LogP contribution in [0.15, 0.2) is 18.6 Å². The molecule has 102 valence electrons. The molecule has 4 N–H and O–H groups in total. The molecule has 0 bridgehead atoms. The summed E-state index contributed by atoms with van der Waals surface area (Å²) in [6, 6.07) is 1.55. The van der Waals surface area contributed by atoms with Gasteiger partial charge in [-0.05, 0) is 12.5 Å². The monoisotopic (exact) mass is 282 g/mol. The molecule has 0 amide bonds. The van der Waals surface area contributed by atoms with Crippen molar-refractivity contribution in [1.82, 2.24) is 14.5 Å². The van der Waals surface area contributed by atoms with Gasteiger partial charge in [-0.25, -0.2) is 9.97 Å². The second-order valence-corrected chi connectivity index (χ2v) is 5.22. The Morgan fingerprint density at radius 2 is 2.16 bits per heavy atom. The maximum Gasteiger partial charge on any atom is 0.151 e. The highest BCUT2D eigenvalue weighted by Crippen LogP contribution is 2.37. The van der Waals surface area contributed by atoms with Crippen molar-refractivity contribution in [2.45, 2.75) is 24.7 Å². The molecule has 2 aromatic heterocycles. The molecule has 4 atom stereocenters. The lowest BCUT2D eigenvalue weighted by atomic mass is 10.1. The van der Waals surface area contributed by atoms with E-state index in [2.05, 4.69) is 9.97 Å². The van der Waals surface area contributed by atoms with E-state index in [4.69, 9.17) is 17.3 Å². The maximum atomic E-state index is 10.2. The molecule has 7 heteroatoms. The van der Waals surface area contributed by atoms with Gasteiger partial charge in [0, 0.05) is 18.0 Å². The third kappa shape index (κ3) is 1.87. The van der Waals surface area contributed by atoms with Gasteiger partial charge >= 0.3 is 0 Å². The molecule has 0 spiro atoms. The summed E-state index contributed by atoms with van der Waals surface area (Å²) in [5.41, 5.74) is 7.18. The number of rotatable bonds is 2. The highest BCUT2D eigenvalue weighted by atomic mass is 35.5. The van der Waals surface area contributed by atoms with E-state index < -0.39 is 12.2 Å². The fourth-order valence-electron chi connectivity index (χ4n) is 2.77. The molecule has 2 heterocycles. The number of aliphatic hydroxyl groups is 2. The van der Waals surface area contributed by atoms with Crippen LogP contribution in [0.1, 0.15) is 12.5 Å². The van der Waals surface area contributed by atoms with E-state index in [0.717, 1.165) is 5.52 Å². The van der Waals surface area contributed by atoms with E-state index in [9.17, 15) is 10.2 Å². The van der Waals surface area contributed by atoms with Crippen LogP contribution in [0.4, 0.5) is 5.82 Å². The molecule has 1 aliphatic rings. The molecule has 1 unspecified atom stereocenters. The summed E-state index contributed by atoms with van der Waals surface area (Å²) in [6.07, 6.45) is 2.18. The second kappa shape index (κ2) is 4.63. The number of imidazole rings is 1. The summed E-state index contributed by atoms with van der Waals surface area (Å²) < 4.78 is 1.84. The highest BCUT2D eigenvalue weighted by Gasteiger charge is 2.42. The minimum absolute atomic E-state index is 0.113. The fourth-order valence-corrected chi connectivity index (χ4v) is 3.08. The lowest BCUT2D eigenvalue weighted by molar-refractivity contribution is 0.0102. The molecule has 0 radical (unpaired) electrons. The van der Waals surface area contributed by atoms with E-state index >= 15 is 0 Å². The van der Waals surface area contributed by atoms with Gasteiger partial charge < -0.3 is 20.5 Å². The van der Waals surface area contributed by atoms with E-state index in [-0.39, 0.29) is 12.0 Å². The first-order valence-electron chi connectivity index (χ1n) is 6.12. The van der Waals surface area contributed by atoms with E-state index in [1.165, 1.54) is 0 Å². The quantitative estimate of drug-likeness (QED) is 0.698. The fraction of sp³-hybridized carbons (Fsp3) is 0.500. The minimum atomic E-state index is -0.851. The molecular weight excluding hydrogens is 268 g/mol. The van der Waals surface area contributed by atoms with Gasteiger partial charge in [0.2, 0.25) is 0 Å². The number of aromatic nitrogens is 3. The summed E-state index contributed by atoms with van der Waals surface area (Å²) >= 11 is 5.81. The smallest absolute Gasteiger partial charge is 0.151 e. The van der Waals surface area contributed by atoms with Crippen LogP contribution >= 0.6 is 11.6 Å². The Morgan fingerprint density at radius 1 is 1.37 bits per heavy atom. The third-order valence-electron chi connectivity index (χ3n) is 3.85. The number of nitrogen functional groups attached to an aromatic ring is 1. The summed E-state index contributed by atoms with van der Waals surface area (Å²) in [6.45, 7) is 0. The number of nitrogens with two attached hydrogens (primary N) is 1. The largest absolute Gasteiger partial charge is 0.390 e. The van der Waals surface area contributed by atoms with Gasteiger partial charge in [-0.3, -0.25) is 0 Å². The van der Waals surface area contributed by atoms with Crippen molar-refractivity contribution in [2.75, 3.05) is 11.6 Å². The van der Waals surface area contributed by atoms with Crippen LogP contribution in [0.25, 0.3) is 11.0 Å². The number of aliphatic hydroxyl groups excluding tert-OH is 2. The first-order valence-corrected chi connectivity index (χ1v) is 6.66. The van der Waals surface area contributed by atoms with Crippen molar-refractivity contribution in [3.05, 3.63) is 18.6 Å². The summed E-state index contributed by atoms with van der Waals surface area (Å²) in [5, 5.41) is 20.1. The molecular formula is C12H15ClN4O2. The van der Waals surface area contributed by atoms with Crippen molar-refractivity contribution in [3.8, 4) is 0 Å². The van der Waals surface area contributed by atoms with Gasteiger partial charge in [-0.1, -0.05) is 0 Å². The van der Waals surface area contributed by atoms with E-state index in [0.29, 0.717) is 23.6 Å². The number of anilines is 1. The van der Waals surface area contributed by atoms with Crippen molar-refractivity contribution in [2.24, 2.45) is 5.92 Å². The molecule has 6 nitrogen and oxygen atoms in total. The topological polar surface area (TPSA) is 97.2 Å². The van der Waals surface area contributed by atoms with Gasteiger partial charge in [-0.15, -0.1) is 11.6 Å². The molecule has 0 aromatic carbocycles. The zero-order valence-corrected chi connectivity index (χ0v) is 10.9. The van der Waals surface area contributed by atoms with Crippen molar-refractivity contribution in [1.29, 1.82) is 0 Å². The van der Waals surface area contributed by atoms with Crippen molar-refractivity contribution in [3.63, 3.8) is 0 Å². The molecule has 0 saturated heterocycles. The minimum Gasteiger partial charge on any atom is -0.390 e. The predicted octanol–water partition coefficient (Wildman–Crippen LogP) is 0.535. The standard InChI is InChI=1S/C12H15ClN4O2/c13-4-6-3-8(11(19)10(6)18)17-5-16-9-7(17)1-2-15-12(9)14/h1-2,5-6,8,10-11,18-19H,3-4H2,(H2,14,15)/t6-,8-,10?,11+/m1/s1. The Kier molecular flexibility index (Phi) is 3.08. The Hall–Kier alpha value is -1.37. The molecule has 3 rings (SSSR count). The average Bonchev–Trinajstić information content (AvgIpc) is 2.94. The number of hydrogen-bond donors (Lipinski definition) is 3. The van der Waals surface area contributed by atoms with E-state index in [1.807, 2.05) is 4.57 Å². The zero-order chi connectivity index (χ0) is 13.6. The molecule has 1 fully saturated rings. The van der Waals surface area contributed by atoms with Crippen molar-refractivity contribution >= 4 is 28.5 Å². The molecule has 0 aliphatic heterocycles. The summed E-state index contributed by atoms with van der Waals surface area (Å²) in [4.78, 5) is 8.20.